The third-order valence-electron chi connectivity index (χ3n) is 1.65. The smallest absolute Gasteiger partial charge is 0.262 e. The molecule has 0 amide bonds. The first kappa shape index (κ1) is 6.84. The molecule has 2 N–H and O–H groups in total. The first-order valence-electron chi connectivity index (χ1n) is 3.44. The van der Waals surface area contributed by atoms with Gasteiger partial charge >= 0.3 is 0 Å². The minimum absolute atomic E-state index is 0.0400. The highest BCUT2D eigenvalue weighted by Crippen LogP contribution is 2.17. The highest BCUT2D eigenvalue weighted by molar-refractivity contribution is 5.83. The highest BCUT2D eigenvalue weighted by Gasteiger charge is 2.02. The van der Waals surface area contributed by atoms with E-state index in [1.165, 1.54) is 12.4 Å². The van der Waals surface area contributed by atoms with Crippen LogP contribution in [0.25, 0.3) is 10.9 Å². The molecule has 2 aromatic rings. The second-order valence-corrected chi connectivity index (χ2v) is 2.40. The second kappa shape index (κ2) is 2.34. The van der Waals surface area contributed by atoms with Crippen molar-refractivity contribution < 1.29 is 5.11 Å². The van der Waals surface area contributed by atoms with Gasteiger partial charge in [0.2, 0.25) is 0 Å². The number of nitrogens with zero attached hydrogens (tertiary/aromatic N) is 1. The molecule has 0 aliphatic rings. The first-order chi connectivity index (χ1) is 5.79. The van der Waals surface area contributed by atoms with Gasteiger partial charge in [-0.25, -0.2) is 4.98 Å². The molecule has 12 heavy (non-hydrogen) atoms. The number of aromatic nitrogens is 2. The Kier molecular flexibility index (Phi) is 1.33. The van der Waals surface area contributed by atoms with E-state index in [0.717, 1.165) is 0 Å². The molecule has 0 aliphatic carbocycles. The molecule has 1 aromatic carbocycles. The monoisotopic (exact) mass is 162 g/mol. The van der Waals surface area contributed by atoms with Gasteiger partial charge in [0.1, 0.15) is 11.1 Å². The predicted octanol–water partition coefficient (Wildman–Crippen LogP) is 0.629. The summed E-state index contributed by atoms with van der Waals surface area (Å²) >= 11 is 0. The van der Waals surface area contributed by atoms with Crippen molar-refractivity contribution in [3.8, 4) is 5.75 Å². The van der Waals surface area contributed by atoms with Gasteiger partial charge in [-0.15, -0.1) is 0 Å². The predicted molar refractivity (Wildman–Crippen MR) is 44.0 cm³/mol. The van der Waals surface area contributed by atoms with Crippen molar-refractivity contribution in [2.24, 2.45) is 0 Å². The fraction of sp³-hybridized carbons (Fsp3) is 0. The lowest BCUT2D eigenvalue weighted by atomic mass is 10.2. The molecule has 60 valence electrons. The van der Waals surface area contributed by atoms with E-state index in [2.05, 4.69) is 9.97 Å². The van der Waals surface area contributed by atoms with Gasteiger partial charge < -0.3 is 10.1 Å². The molecule has 0 spiro atoms. The van der Waals surface area contributed by atoms with Crippen molar-refractivity contribution in [1.82, 2.24) is 9.97 Å². The van der Waals surface area contributed by atoms with Crippen molar-refractivity contribution >= 4 is 10.9 Å². The molecular weight excluding hydrogens is 156 g/mol. The molecule has 1 aromatic heterocycles. The van der Waals surface area contributed by atoms with E-state index in [0.29, 0.717) is 5.52 Å². The number of phenols is 1. The number of nitrogens with one attached hydrogen (secondary N) is 1. The zero-order chi connectivity index (χ0) is 8.55. The Balaban J connectivity index is 3.07. The molecule has 0 radical (unpaired) electrons. The summed E-state index contributed by atoms with van der Waals surface area (Å²) in [4.78, 5) is 17.4. The highest BCUT2D eigenvalue weighted by atomic mass is 16.3. The number of aromatic hydroxyl groups is 1. The lowest BCUT2D eigenvalue weighted by Crippen LogP contribution is -2.05. The Hall–Kier alpha value is -1.84. The molecule has 0 saturated heterocycles. The summed E-state index contributed by atoms with van der Waals surface area (Å²) < 4.78 is 0. The van der Waals surface area contributed by atoms with Gasteiger partial charge in [-0.1, -0.05) is 6.07 Å². The number of rotatable bonds is 0. The number of phenolic OH excluding ortho intramolecular Hbond substituents is 1. The van der Waals surface area contributed by atoms with Gasteiger partial charge in [-0.3, -0.25) is 4.79 Å². The van der Waals surface area contributed by atoms with E-state index in [4.69, 9.17) is 0 Å². The van der Waals surface area contributed by atoms with Crippen LogP contribution in [0.15, 0.2) is 29.3 Å². The lowest BCUT2D eigenvalue weighted by Gasteiger charge is -1.96. The van der Waals surface area contributed by atoms with E-state index in [-0.39, 0.29) is 16.7 Å². The number of hydrogen-bond acceptors (Lipinski definition) is 3. The van der Waals surface area contributed by atoms with E-state index in [1.54, 1.807) is 12.1 Å². The van der Waals surface area contributed by atoms with Gasteiger partial charge in [0.05, 0.1) is 11.8 Å². The number of aromatic amines is 1. The number of fused-ring (bicyclic) bond motifs is 1. The Morgan fingerprint density at radius 1 is 1.42 bits per heavy atom. The summed E-state index contributed by atoms with van der Waals surface area (Å²) in [6, 6.07) is 4.77. The maximum Gasteiger partial charge on any atom is 0.262 e. The zero-order valence-electron chi connectivity index (χ0n) is 6.11. The minimum atomic E-state index is -0.321. The first-order valence-corrected chi connectivity index (χ1v) is 3.44. The summed E-state index contributed by atoms with van der Waals surface area (Å²) in [7, 11) is 0. The van der Waals surface area contributed by atoms with Gasteiger partial charge in [0, 0.05) is 0 Å². The molecule has 0 fully saturated rings. The molecule has 4 nitrogen and oxygen atoms in total. The van der Waals surface area contributed by atoms with Crippen molar-refractivity contribution in [3.63, 3.8) is 0 Å². The third kappa shape index (κ3) is 0.852. The van der Waals surface area contributed by atoms with Gasteiger partial charge in [-0.2, -0.15) is 0 Å². The Labute approximate surface area is 67.5 Å². The van der Waals surface area contributed by atoms with Crippen LogP contribution >= 0.6 is 0 Å². The fourth-order valence-electron chi connectivity index (χ4n) is 1.10. The summed E-state index contributed by atoms with van der Waals surface area (Å²) in [5.41, 5.74) is 0.178. The molecular formula is C8H6N2O2. The van der Waals surface area contributed by atoms with E-state index in [9.17, 15) is 9.90 Å². The van der Waals surface area contributed by atoms with Crippen LogP contribution in [-0.2, 0) is 0 Å². The maximum absolute atomic E-state index is 11.1. The average Bonchev–Trinajstić information content (AvgIpc) is 2.04. The van der Waals surface area contributed by atoms with Crippen LogP contribution in [0.1, 0.15) is 0 Å². The van der Waals surface area contributed by atoms with Crippen molar-refractivity contribution in [2.45, 2.75) is 0 Å². The molecule has 4 heteroatoms. The van der Waals surface area contributed by atoms with Crippen LogP contribution in [0, 0.1) is 0 Å². The second-order valence-electron chi connectivity index (χ2n) is 2.40. The third-order valence-corrected chi connectivity index (χ3v) is 1.65. The average molecular weight is 162 g/mol. The summed E-state index contributed by atoms with van der Waals surface area (Å²) in [6.45, 7) is 0. The summed E-state index contributed by atoms with van der Waals surface area (Å²) in [6.07, 6.45) is 1.31. The van der Waals surface area contributed by atoms with Crippen LogP contribution in [0.5, 0.6) is 5.75 Å². The summed E-state index contributed by atoms with van der Waals surface area (Å²) in [5, 5.41) is 9.53. The quantitative estimate of drug-likeness (QED) is 0.597. The van der Waals surface area contributed by atoms with Gasteiger partial charge in [-0.05, 0) is 12.1 Å². The van der Waals surface area contributed by atoms with Crippen molar-refractivity contribution in [1.29, 1.82) is 0 Å². The topological polar surface area (TPSA) is 66.0 Å². The molecule has 0 atom stereocenters. The van der Waals surface area contributed by atoms with E-state index in [1.807, 2.05) is 0 Å². The standard InChI is InChI=1S/C8H6N2O2/c11-6-3-1-2-5-7(6)8(12)10-4-9-5/h1-4,11H,(H,9,10,12). The Bertz CT molecular complexity index is 470. The molecule has 1 heterocycles. The maximum atomic E-state index is 11.1. The Morgan fingerprint density at radius 2 is 2.25 bits per heavy atom. The molecule has 0 saturated carbocycles. The number of H-pyrrole nitrogens is 1. The van der Waals surface area contributed by atoms with Crippen LogP contribution in [-0.4, -0.2) is 15.1 Å². The molecule has 0 unspecified atom stereocenters. The largest absolute Gasteiger partial charge is 0.507 e. The fourth-order valence-corrected chi connectivity index (χ4v) is 1.10. The molecule has 0 aliphatic heterocycles. The van der Waals surface area contributed by atoms with Crippen LogP contribution in [0.4, 0.5) is 0 Å². The number of hydrogen-bond donors (Lipinski definition) is 2. The van der Waals surface area contributed by atoms with E-state index < -0.39 is 0 Å². The molecule has 0 bridgehead atoms. The van der Waals surface area contributed by atoms with Gasteiger partial charge in [0.25, 0.3) is 5.56 Å². The van der Waals surface area contributed by atoms with E-state index >= 15 is 0 Å². The lowest BCUT2D eigenvalue weighted by molar-refractivity contribution is 0.481. The van der Waals surface area contributed by atoms with Crippen molar-refractivity contribution in [3.05, 3.63) is 34.9 Å². The Morgan fingerprint density at radius 3 is 3.00 bits per heavy atom. The number of benzene rings is 1. The zero-order valence-corrected chi connectivity index (χ0v) is 6.11. The van der Waals surface area contributed by atoms with Gasteiger partial charge in [0.15, 0.2) is 0 Å². The summed E-state index contributed by atoms with van der Waals surface area (Å²) in [5.74, 6) is -0.0400. The van der Waals surface area contributed by atoms with Crippen LogP contribution < -0.4 is 5.56 Å². The SMILES string of the molecule is O=c1[nH]cnc2cccc(O)c12. The van der Waals surface area contributed by atoms with Crippen LogP contribution in [0.2, 0.25) is 0 Å². The van der Waals surface area contributed by atoms with Crippen molar-refractivity contribution in [2.75, 3.05) is 0 Å². The molecule has 2 rings (SSSR count). The van der Waals surface area contributed by atoms with Crippen LogP contribution in [0.3, 0.4) is 0 Å². The normalized spacial score (nSPS) is 10.3. The minimum Gasteiger partial charge on any atom is -0.507 e.